The summed E-state index contributed by atoms with van der Waals surface area (Å²) in [6, 6.07) is 21.4. The molecule has 4 nitrogen and oxygen atoms in total. The van der Waals surface area contributed by atoms with Crippen LogP contribution in [0.3, 0.4) is 0 Å². The molecular weight excluding hydrogens is 385 g/mol. The lowest BCUT2D eigenvalue weighted by Gasteiger charge is -2.15. The van der Waals surface area contributed by atoms with Crippen LogP contribution in [-0.2, 0) is 4.79 Å². The summed E-state index contributed by atoms with van der Waals surface area (Å²) in [6.07, 6.45) is -0.694. The number of amides is 1. The molecule has 0 saturated heterocycles. The molecule has 0 heterocycles. The predicted molar refractivity (Wildman–Crippen MR) is 108 cm³/mol. The Morgan fingerprint density at radius 3 is 2.15 bits per heavy atom. The number of hydrogen-bond donors (Lipinski definition) is 1. The van der Waals surface area contributed by atoms with E-state index in [4.69, 9.17) is 32.7 Å². The van der Waals surface area contributed by atoms with E-state index in [-0.39, 0.29) is 5.91 Å². The van der Waals surface area contributed by atoms with Gasteiger partial charge < -0.3 is 14.8 Å². The molecular formula is C21H17Cl2NO3. The highest BCUT2D eigenvalue weighted by Gasteiger charge is 2.15. The second-order valence-corrected chi connectivity index (χ2v) is 6.58. The van der Waals surface area contributed by atoms with Gasteiger partial charge in [0, 0.05) is 5.69 Å². The summed E-state index contributed by atoms with van der Waals surface area (Å²) >= 11 is 11.8. The van der Waals surface area contributed by atoms with Crippen LogP contribution in [0.25, 0.3) is 0 Å². The Labute approximate surface area is 167 Å². The lowest BCUT2D eigenvalue weighted by Crippen LogP contribution is -2.30. The molecule has 3 aromatic carbocycles. The molecule has 0 spiro atoms. The van der Waals surface area contributed by atoms with Crippen LogP contribution in [0.1, 0.15) is 6.92 Å². The maximum absolute atomic E-state index is 12.3. The molecule has 1 unspecified atom stereocenters. The molecule has 27 heavy (non-hydrogen) atoms. The molecule has 0 aromatic heterocycles. The Balaban J connectivity index is 1.57. The van der Waals surface area contributed by atoms with Gasteiger partial charge in [-0.2, -0.15) is 0 Å². The van der Waals surface area contributed by atoms with E-state index in [2.05, 4.69) is 5.32 Å². The van der Waals surface area contributed by atoms with Crippen LogP contribution in [0.4, 0.5) is 5.69 Å². The van der Waals surface area contributed by atoms with E-state index in [1.807, 2.05) is 30.3 Å². The zero-order valence-electron chi connectivity index (χ0n) is 14.5. The minimum Gasteiger partial charge on any atom is -0.481 e. The van der Waals surface area contributed by atoms with Gasteiger partial charge in [0.2, 0.25) is 0 Å². The number of carbonyl (C=O) groups is 1. The van der Waals surface area contributed by atoms with E-state index in [0.717, 1.165) is 5.75 Å². The first-order valence-corrected chi connectivity index (χ1v) is 9.02. The molecule has 138 valence electrons. The quantitative estimate of drug-likeness (QED) is 0.535. The minimum atomic E-state index is -0.694. The standard InChI is InChI=1S/C21H17Cl2NO3/c1-14(21(25)24-15-7-12-19(22)20(23)13-15)26-17-8-10-18(11-9-17)27-16-5-3-2-4-6-16/h2-14H,1H3,(H,24,25). The Kier molecular flexibility index (Phi) is 6.22. The molecule has 1 N–H and O–H groups in total. The zero-order chi connectivity index (χ0) is 19.2. The van der Waals surface area contributed by atoms with Gasteiger partial charge in [-0.25, -0.2) is 0 Å². The number of para-hydroxylation sites is 1. The number of nitrogens with one attached hydrogen (secondary N) is 1. The molecule has 0 aliphatic carbocycles. The van der Waals surface area contributed by atoms with Crippen LogP contribution in [-0.4, -0.2) is 12.0 Å². The fourth-order valence-corrected chi connectivity index (χ4v) is 2.58. The maximum Gasteiger partial charge on any atom is 0.265 e. The van der Waals surface area contributed by atoms with Crippen molar-refractivity contribution >= 4 is 34.8 Å². The van der Waals surface area contributed by atoms with Gasteiger partial charge in [0.1, 0.15) is 17.2 Å². The van der Waals surface area contributed by atoms with Crippen molar-refractivity contribution in [2.75, 3.05) is 5.32 Å². The smallest absolute Gasteiger partial charge is 0.265 e. The van der Waals surface area contributed by atoms with Crippen LogP contribution >= 0.6 is 23.2 Å². The van der Waals surface area contributed by atoms with Crippen molar-refractivity contribution in [3.8, 4) is 17.2 Å². The number of benzene rings is 3. The van der Waals surface area contributed by atoms with Crippen molar-refractivity contribution in [2.24, 2.45) is 0 Å². The predicted octanol–water partition coefficient (Wildman–Crippen LogP) is 6.19. The lowest BCUT2D eigenvalue weighted by atomic mass is 10.3. The van der Waals surface area contributed by atoms with E-state index in [0.29, 0.717) is 27.2 Å². The molecule has 0 radical (unpaired) electrons. The second-order valence-electron chi connectivity index (χ2n) is 5.76. The monoisotopic (exact) mass is 401 g/mol. The fraction of sp³-hybridized carbons (Fsp3) is 0.0952. The largest absolute Gasteiger partial charge is 0.481 e. The Bertz CT molecular complexity index is 914. The van der Waals surface area contributed by atoms with Crippen molar-refractivity contribution in [3.05, 3.63) is 82.8 Å². The Morgan fingerprint density at radius 2 is 1.48 bits per heavy atom. The van der Waals surface area contributed by atoms with Crippen molar-refractivity contribution in [1.82, 2.24) is 0 Å². The highest BCUT2D eigenvalue weighted by molar-refractivity contribution is 6.42. The summed E-state index contributed by atoms with van der Waals surface area (Å²) in [5.74, 6) is 1.70. The van der Waals surface area contributed by atoms with Gasteiger partial charge in [-0.3, -0.25) is 4.79 Å². The number of hydrogen-bond acceptors (Lipinski definition) is 3. The summed E-state index contributed by atoms with van der Waals surface area (Å²) in [5.41, 5.74) is 0.552. The number of ether oxygens (including phenoxy) is 2. The minimum absolute atomic E-state index is 0.294. The van der Waals surface area contributed by atoms with Gasteiger partial charge >= 0.3 is 0 Å². The van der Waals surface area contributed by atoms with Crippen LogP contribution in [0.2, 0.25) is 10.0 Å². The van der Waals surface area contributed by atoms with Gasteiger partial charge in [-0.1, -0.05) is 41.4 Å². The number of anilines is 1. The van der Waals surface area contributed by atoms with Crippen molar-refractivity contribution < 1.29 is 14.3 Å². The molecule has 6 heteroatoms. The first kappa shape index (κ1) is 19.1. The summed E-state index contributed by atoms with van der Waals surface area (Å²) in [7, 11) is 0. The first-order valence-electron chi connectivity index (χ1n) is 8.27. The molecule has 0 aliphatic rings. The van der Waals surface area contributed by atoms with Crippen LogP contribution in [0, 0.1) is 0 Å². The number of rotatable bonds is 6. The zero-order valence-corrected chi connectivity index (χ0v) is 16.0. The van der Waals surface area contributed by atoms with E-state index >= 15 is 0 Å². The van der Waals surface area contributed by atoms with Gasteiger partial charge in [0.15, 0.2) is 6.10 Å². The van der Waals surface area contributed by atoms with E-state index in [9.17, 15) is 4.79 Å². The number of halogens is 2. The summed E-state index contributed by atoms with van der Waals surface area (Å²) in [5, 5.41) is 3.54. The molecule has 0 bridgehead atoms. The maximum atomic E-state index is 12.3. The topological polar surface area (TPSA) is 47.6 Å². The van der Waals surface area contributed by atoms with E-state index < -0.39 is 6.10 Å². The van der Waals surface area contributed by atoms with Crippen LogP contribution in [0.15, 0.2) is 72.8 Å². The van der Waals surface area contributed by atoms with E-state index in [1.54, 1.807) is 49.4 Å². The first-order chi connectivity index (χ1) is 13.0. The Hall–Kier alpha value is -2.69. The Morgan fingerprint density at radius 1 is 0.852 bits per heavy atom. The van der Waals surface area contributed by atoms with Gasteiger partial charge in [0.05, 0.1) is 10.0 Å². The number of carbonyl (C=O) groups excluding carboxylic acids is 1. The van der Waals surface area contributed by atoms with Crippen molar-refractivity contribution in [3.63, 3.8) is 0 Å². The van der Waals surface area contributed by atoms with E-state index in [1.165, 1.54) is 0 Å². The molecule has 0 saturated carbocycles. The average molecular weight is 402 g/mol. The summed E-state index contributed by atoms with van der Waals surface area (Å²) in [4.78, 5) is 12.3. The fourth-order valence-electron chi connectivity index (χ4n) is 2.29. The third-order valence-corrected chi connectivity index (χ3v) is 4.41. The van der Waals surface area contributed by atoms with Crippen LogP contribution < -0.4 is 14.8 Å². The highest BCUT2D eigenvalue weighted by Crippen LogP contribution is 2.26. The van der Waals surface area contributed by atoms with Gasteiger partial charge in [0.25, 0.3) is 5.91 Å². The van der Waals surface area contributed by atoms with Gasteiger partial charge in [-0.15, -0.1) is 0 Å². The van der Waals surface area contributed by atoms with Crippen molar-refractivity contribution in [1.29, 1.82) is 0 Å². The summed E-state index contributed by atoms with van der Waals surface area (Å²) < 4.78 is 11.4. The average Bonchev–Trinajstić information content (AvgIpc) is 2.67. The molecule has 1 amide bonds. The van der Waals surface area contributed by atoms with Crippen molar-refractivity contribution in [2.45, 2.75) is 13.0 Å². The molecule has 0 aliphatic heterocycles. The molecule has 0 fully saturated rings. The third-order valence-electron chi connectivity index (χ3n) is 3.67. The summed E-state index contributed by atoms with van der Waals surface area (Å²) in [6.45, 7) is 1.67. The van der Waals surface area contributed by atoms with Crippen LogP contribution in [0.5, 0.6) is 17.2 Å². The normalized spacial score (nSPS) is 11.5. The molecule has 3 aromatic rings. The second kappa shape index (κ2) is 8.80. The lowest BCUT2D eigenvalue weighted by molar-refractivity contribution is -0.122. The highest BCUT2D eigenvalue weighted by atomic mass is 35.5. The molecule has 3 rings (SSSR count). The van der Waals surface area contributed by atoms with Gasteiger partial charge in [-0.05, 0) is 61.5 Å². The third kappa shape index (κ3) is 5.39. The SMILES string of the molecule is CC(Oc1ccc(Oc2ccccc2)cc1)C(=O)Nc1ccc(Cl)c(Cl)c1. The molecule has 1 atom stereocenters.